The highest BCUT2D eigenvalue weighted by Gasteiger charge is 2.43. The first-order valence-electron chi connectivity index (χ1n) is 13.5. The number of para-hydroxylation sites is 1. The lowest BCUT2D eigenvalue weighted by atomic mass is 10.0. The van der Waals surface area contributed by atoms with E-state index < -0.39 is 24.0 Å². The molecule has 2 aromatic rings. The van der Waals surface area contributed by atoms with Crippen LogP contribution in [0.1, 0.15) is 45.6 Å². The Morgan fingerprint density at radius 3 is 2.31 bits per heavy atom. The van der Waals surface area contributed by atoms with Gasteiger partial charge in [-0.05, 0) is 30.0 Å². The van der Waals surface area contributed by atoms with Crippen LogP contribution in [0.5, 0.6) is 5.75 Å². The molecule has 9 nitrogen and oxygen atoms in total. The fourth-order valence-corrected chi connectivity index (χ4v) is 4.43. The molecule has 0 aromatic heterocycles. The van der Waals surface area contributed by atoms with Crippen molar-refractivity contribution in [1.82, 2.24) is 15.5 Å². The Bertz CT molecular complexity index is 1080. The summed E-state index contributed by atoms with van der Waals surface area (Å²) in [6.07, 6.45) is 1.14. The van der Waals surface area contributed by atoms with Crippen LogP contribution < -0.4 is 15.4 Å². The summed E-state index contributed by atoms with van der Waals surface area (Å²) in [5.41, 5.74) is 0.986. The van der Waals surface area contributed by atoms with Gasteiger partial charge in [0.25, 0.3) is 0 Å². The molecule has 2 N–H and O–H groups in total. The molecule has 0 radical (unpaired) electrons. The van der Waals surface area contributed by atoms with Gasteiger partial charge in [-0.25, -0.2) is 0 Å². The number of nitrogens with zero attached hydrogens (tertiary/aromatic N) is 1. The maximum Gasteiger partial charge on any atom is 0.246 e. The normalized spacial score (nSPS) is 18.3. The number of benzene rings is 2. The molecule has 1 aliphatic heterocycles. The minimum Gasteiger partial charge on any atom is -0.493 e. The summed E-state index contributed by atoms with van der Waals surface area (Å²) >= 11 is 0. The molecule has 0 saturated carbocycles. The van der Waals surface area contributed by atoms with Gasteiger partial charge in [0, 0.05) is 13.0 Å². The van der Waals surface area contributed by atoms with Crippen LogP contribution in [0, 0.1) is 5.92 Å². The van der Waals surface area contributed by atoms with Gasteiger partial charge in [0.1, 0.15) is 24.1 Å². The summed E-state index contributed by atoms with van der Waals surface area (Å²) in [6.45, 7) is 6.21. The first kappa shape index (κ1) is 29.8. The molecule has 1 aliphatic rings. The molecular formula is C30H39N3O6. The number of aldehydes is 1. The molecule has 3 rings (SSSR count). The summed E-state index contributed by atoms with van der Waals surface area (Å²) in [6, 6.07) is 16.6. The van der Waals surface area contributed by atoms with Crippen molar-refractivity contribution in [2.45, 2.75) is 70.9 Å². The monoisotopic (exact) mass is 537 g/mol. The zero-order chi connectivity index (χ0) is 28.2. The number of hydrogen-bond donors (Lipinski definition) is 2. The van der Waals surface area contributed by atoms with E-state index in [1.165, 1.54) is 4.90 Å². The maximum atomic E-state index is 13.8. The number of ether oxygens (including phenoxy) is 2. The van der Waals surface area contributed by atoms with Gasteiger partial charge in [0.05, 0.1) is 31.8 Å². The van der Waals surface area contributed by atoms with Gasteiger partial charge in [0.2, 0.25) is 17.7 Å². The van der Waals surface area contributed by atoms with Crippen LogP contribution in [0.15, 0.2) is 60.7 Å². The van der Waals surface area contributed by atoms with Gasteiger partial charge in [-0.15, -0.1) is 0 Å². The zero-order valence-electron chi connectivity index (χ0n) is 22.9. The van der Waals surface area contributed by atoms with Gasteiger partial charge < -0.3 is 29.8 Å². The number of carbonyl (C=O) groups is 4. The third-order valence-corrected chi connectivity index (χ3v) is 6.70. The molecule has 1 saturated heterocycles. The fourth-order valence-electron chi connectivity index (χ4n) is 4.43. The van der Waals surface area contributed by atoms with Crippen molar-refractivity contribution in [3.8, 4) is 5.75 Å². The summed E-state index contributed by atoms with van der Waals surface area (Å²) in [4.78, 5) is 52.5. The number of hydrogen-bond acceptors (Lipinski definition) is 6. The Morgan fingerprint density at radius 1 is 1.03 bits per heavy atom. The van der Waals surface area contributed by atoms with Crippen molar-refractivity contribution in [2.24, 2.45) is 5.92 Å². The first-order chi connectivity index (χ1) is 18.8. The second-order valence-corrected chi connectivity index (χ2v) is 10.0. The van der Waals surface area contributed by atoms with Crippen LogP contribution in [-0.4, -0.2) is 66.3 Å². The van der Waals surface area contributed by atoms with E-state index in [0.717, 1.165) is 5.56 Å². The highest BCUT2D eigenvalue weighted by atomic mass is 16.5. The van der Waals surface area contributed by atoms with E-state index in [4.69, 9.17) is 9.47 Å². The van der Waals surface area contributed by atoms with E-state index in [1.54, 1.807) is 19.1 Å². The maximum absolute atomic E-state index is 13.8. The Hall–Kier alpha value is -3.72. The van der Waals surface area contributed by atoms with Crippen molar-refractivity contribution < 1.29 is 28.7 Å². The molecule has 0 bridgehead atoms. The summed E-state index contributed by atoms with van der Waals surface area (Å²) in [5.74, 6) is -0.634. The molecule has 1 heterocycles. The van der Waals surface area contributed by atoms with Crippen LogP contribution in [0.3, 0.4) is 0 Å². The summed E-state index contributed by atoms with van der Waals surface area (Å²) < 4.78 is 11.7. The standard InChI is InChI=1S/C30H39N3O6/c1-4-23(19-34)31-29(36)26-17-25(39-20-22-11-7-5-8-12-22)18-33(26)30(37)28(21(2)3)32-27(35)15-16-38-24-13-9-6-10-14-24/h5-14,19,21,23,25-26,28H,4,15-18,20H2,1-3H3,(H,31,36)(H,32,35)/t23-,25+,26-,28-/m0/s1. The molecule has 3 amide bonds. The molecule has 9 heteroatoms. The first-order valence-corrected chi connectivity index (χ1v) is 13.5. The Labute approximate surface area is 230 Å². The second kappa shape index (κ2) is 15.0. The van der Waals surface area contributed by atoms with Crippen molar-refractivity contribution in [3.63, 3.8) is 0 Å². The van der Waals surface area contributed by atoms with Crippen LogP contribution in [0.2, 0.25) is 0 Å². The molecule has 4 atom stereocenters. The van der Waals surface area contributed by atoms with E-state index >= 15 is 0 Å². The number of rotatable bonds is 14. The largest absolute Gasteiger partial charge is 0.493 e. The molecule has 1 fully saturated rings. The number of amides is 3. The van der Waals surface area contributed by atoms with Gasteiger partial charge in [-0.3, -0.25) is 14.4 Å². The molecular weight excluding hydrogens is 498 g/mol. The van der Waals surface area contributed by atoms with Gasteiger partial charge in [0.15, 0.2) is 0 Å². The molecule has 39 heavy (non-hydrogen) atoms. The summed E-state index contributed by atoms with van der Waals surface area (Å²) in [7, 11) is 0. The zero-order valence-corrected chi connectivity index (χ0v) is 22.9. The summed E-state index contributed by atoms with van der Waals surface area (Å²) in [5, 5.41) is 5.57. The molecule has 0 spiro atoms. The van der Waals surface area contributed by atoms with Crippen molar-refractivity contribution >= 4 is 24.0 Å². The predicted molar refractivity (Wildman–Crippen MR) is 147 cm³/mol. The third-order valence-electron chi connectivity index (χ3n) is 6.70. The lowest BCUT2D eigenvalue weighted by Gasteiger charge is -2.30. The average molecular weight is 538 g/mol. The third kappa shape index (κ3) is 8.92. The highest BCUT2D eigenvalue weighted by molar-refractivity contribution is 5.93. The average Bonchev–Trinajstić information content (AvgIpc) is 3.38. The number of nitrogens with one attached hydrogen (secondary N) is 2. The minimum atomic E-state index is -0.828. The van der Waals surface area contributed by atoms with Crippen LogP contribution in [0.25, 0.3) is 0 Å². The van der Waals surface area contributed by atoms with Crippen molar-refractivity contribution in [2.75, 3.05) is 13.2 Å². The van der Waals surface area contributed by atoms with Crippen molar-refractivity contribution in [3.05, 3.63) is 66.2 Å². The second-order valence-electron chi connectivity index (χ2n) is 10.0. The fraction of sp³-hybridized carbons (Fsp3) is 0.467. The Morgan fingerprint density at radius 2 is 1.69 bits per heavy atom. The lowest BCUT2D eigenvalue weighted by molar-refractivity contribution is -0.143. The molecule has 0 unspecified atom stereocenters. The van der Waals surface area contributed by atoms with E-state index in [1.807, 2.05) is 62.4 Å². The van der Waals surface area contributed by atoms with Gasteiger partial charge in [-0.2, -0.15) is 0 Å². The SMILES string of the molecule is CC[C@@H](C=O)NC(=O)[C@@H]1C[C@@H](OCc2ccccc2)CN1C(=O)[C@@H](NC(=O)CCOc1ccccc1)C(C)C. The topological polar surface area (TPSA) is 114 Å². The number of carbonyl (C=O) groups excluding carboxylic acids is 4. The van der Waals surface area contributed by atoms with E-state index in [-0.39, 0.29) is 43.4 Å². The molecule has 210 valence electrons. The predicted octanol–water partition coefficient (Wildman–Crippen LogP) is 2.88. The lowest BCUT2D eigenvalue weighted by Crippen LogP contribution is -2.56. The molecule has 2 aromatic carbocycles. The van der Waals surface area contributed by atoms with Crippen LogP contribution in [-0.2, 0) is 30.5 Å². The van der Waals surface area contributed by atoms with Crippen LogP contribution in [0.4, 0.5) is 0 Å². The quantitative estimate of drug-likeness (QED) is 0.358. The van der Waals surface area contributed by atoms with Crippen LogP contribution >= 0.6 is 0 Å². The van der Waals surface area contributed by atoms with E-state index in [2.05, 4.69) is 10.6 Å². The Kier molecular flexibility index (Phi) is 11.5. The van der Waals surface area contributed by atoms with Gasteiger partial charge in [-0.1, -0.05) is 69.3 Å². The van der Waals surface area contributed by atoms with Gasteiger partial charge >= 0.3 is 0 Å². The smallest absolute Gasteiger partial charge is 0.246 e. The minimum absolute atomic E-state index is 0.0790. The van der Waals surface area contributed by atoms with Crippen molar-refractivity contribution in [1.29, 1.82) is 0 Å². The number of likely N-dealkylation sites (tertiary alicyclic amines) is 1. The van der Waals surface area contributed by atoms with E-state index in [9.17, 15) is 19.2 Å². The highest BCUT2D eigenvalue weighted by Crippen LogP contribution is 2.24. The molecule has 0 aliphatic carbocycles. The Balaban J connectivity index is 1.67. The van der Waals surface area contributed by atoms with E-state index in [0.29, 0.717) is 31.5 Å².